The zero-order valence-electron chi connectivity index (χ0n) is 9.53. The summed E-state index contributed by atoms with van der Waals surface area (Å²) in [4.78, 5) is 2.04. The summed E-state index contributed by atoms with van der Waals surface area (Å²) >= 11 is 0. The molecule has 84 valence electrons. The molecular formula is C10H18N4O. The minimum Gasteiger partial charge on any atom is -0.407 e. The number of hydrogen-bond donors (Lipinski definition) is 1. The van der Waals surface area contributed by atoms with E-state index in [1.54, 1.807) is 0 Å². The third kappa shape index (κ3) is 2.47. The fraction of sp³-hybridized carbons (Fsp3) is 0.800. The van der Waals surface area contributed by atoms with Crippen LogP contribution in [0.5, 0.6) is 0 Å². The van der Waals surface area contributed by atoms with Gasteiger partial charge in [-0.2, -0.15) is 0 Å². The summed E-state index contributed by atoms with van der Waals surface area (Å²) in [6.07, 6.45) is 1.32. The van der Waals surface area contributed by atoms with Crippen LogP contribution in [0.25, 0.3) is 0 Å². The van der Waals surface area contributed by atoms with Gasteiger partial charge in [0.1, 0.15) is 0 Å². The summed E-state index contributed by atoms with van der Waals surface area (Å²) in [5, 5.41) is 10.9. The summed E-state index contributed by atoms with van der Waals surface area (Å²) in [7, 11) is 3.86. The van der Waals surface area contributed by atoms with E-state index in [2.05, 4.69) is 22.4 Å². The minimum atomic E-state index is 0.624. The standard InChI is InChI=1S/C10H18N4O/c1-7-4-8(7)6-14(3)10-13-12-9(15-10)5-11-2/h7-8,11H,4-6H2,1-3H3. The monoisotopic (exact) mass is 210 g/mol. The van der Waals surface area contributed by atoms with Crippen LogP contribution in [0.2, 0.25) is 0 Å². The molecule has 1 aromatic heterocycles. The Morgan fingerprint density at radius 3 is 2.87 bits per heavy atom. The SMILES string of the molecule is CNCc1nnc(N(C)CC2CC2C)o1. The lowest BCUT2D eigenvalue weighted by Crippen LogP contribution is -2.20. The lowest BCUT2D eigenvalue weighted by atomic mass is 10.3. The molecule has 0 bridgehead atoms. The smallest absolute Gasteiger partial charge is 0.317 e. The summed E-state index contributed by atoms with van der Waals surface area (Å²) in [5.74, 6) is 2.30. The highest BCUT2D eigenvalue weighted by atomic mass is 16.4. The Labute approximate surface area is 89.9 Å². The quantitative estimate of drug-likeness (QED) is 0.782. The van der Waals surface area contributed by atoms with Gasteiger partial charge in [0.2, 0.25) is 5.89 Å². The third-order valence-electron chi connectivity index (χ3n) is 2.90. The summed E-state index contributed by atoms with van der Waals surface area (Å²) < 4.78 is 5.49. The second-order valence-electron chi connectivity index (χ2n) is 4.36. The van der Waals surface area contributed by atoms with E-state index in [0.29, 0.717) is 18.5 Å². The number of nitrogens with zero attached hydrogens (tertiary/aromatic N) is 3. The maximum Gasteiger partial charge on any atom is 0.317 e. The summed E-state index contributed by atoms with van der Waals surface area (Å²) in [5.41, 5.74) is 0. The lowest BCUT2D eigenvalue weighted by Gasteiger charge is -2.12. The predicted octanol–water partition coefficient (Wildman–Crippen LogP) is 0.881. The van der Waals surface area contributed by atoms with Crippen LogP contribution >= 0.6 is 0 Å². The summed E-state index contributed by atoms with van der Waals surface area (Å²) in [6, 6.07) is 0.624. The molecule has 2 rings (SSSR count). The molecule has 1 aromatic rings. The van der Waals surface area contributed by atoms with Crippen molar-refractivity contribution in [1.29, 1.82) is 0 Å². The lowest BCUT2D eigenvalue weighted by molar-refractivity contribution is 0.473. The predicted molar refractivity (Wildman–Crippen MR) is 57.6 cm³/mol. The molecule has 1 aliphatic carbocycles. The van der Waals surface area contributed by atoms with Crippen molar-refractivity contribution in [3.05, 3.63) is 5.89 Å². The molecule has 5 nitrogen and oxygen atoms in total. The normalized spacial score (nSPS) is 24.2. The third-order valence-corrected chi connectivity index (χ3v) is 2.90. The summed E-state index contributed by atoms with van der Waals surface area (Å²) in [6.45, 7) is 3.92. The van der Waals surface area contributed by atoms with E-state index in [9.17, 15) is 0 Å². The molecule has 2 unspecified atom stereocenters. The van der Waals surface area contributed by atoms with Gasteiger partial charge in [-0.1, -0.05) is 12.0 Å². The Morgan fingerprint density at radius 2 is 2.27 bits per heavy atom. The van der Waals surface area contributed by atoms with E-state index < -0.39 is 0 Å². The van der Waals surface area contributed by atoms with E-state index in [1.807, 2.05) is 19.0 Å². The Hall–Kier alpha value is -1.10. The van der Waals surface area contributed by atoms with Crippen molar-refractivity contribution in [2.75, 3.05) is 25.5 Å². The molecule has 0 aromatic carbocycles. The van der Waals surface area contributed by atoms with Crippen molar-refractivity contribution < 1.29 is 4.42 Å². The van der Waals surface area contributed by atoms with Gasteiger partial charge in [-0.05, 0) is 25.3 Å². The highest BCUT2D eigenvalue weighted by molar-refractivity contribution is 5.22. The van der Waals surface area contributed by atoms with E-state index in [-0.39, 0.29) is 0 Å². The second-order valence-corrected chi connectivity index (χ2v) is 4.36. The van der Waals surface area contributed by atoms with Gasteiger partial charge < -0.3 is 14.6 Å². The number of rotatable bonds is 5. The van der Waals surface area contributed by atoms with Crippen molar-refractivity contribution in [1.82, 2.24) is 15.5 Å². The Balaban J connectivity index is 1.90. The van der Waals surface area contributed by atoms with Crippen molar-refractivity contribution in [3.63, 3.8) is 0 Å². The average molecular weight is 210 g/mol. The first kappa shape index (κ1) is 10.4. The highest BCUT2D eigenvalue weighted by Crippen LogP contribution is 2.38. The maximum absolute atomic E-state index is 5.49. The first-order valence-corrected chi connectivity index (χ1v) is 5.39. The number of hydrogen-bond acceptors (Lipinski definition) is 5. The van der Waals surface area contributed by atoms with Crippen molar-refractivity contribution in [3.8, 4) is 0 Å². The van der Waals surface area contributed by atoms with Gasteiger partial charge in [0.25, 0.3) is 0 Å². The first-order chi connectivity index (χ1) is 7.20. The van der Waals surface area contributed by atoms with Crippen LogP contribution in [-0.4, -0.2) is 30.8 Å². The average Bonchev–Trinajstić information content (AvgIpc) is 2.72. The molecular weight excluding hydrogens is 192 g/mol. The van der Waals surface area contributed by atoms with E-state index in [4.69, 9.17) is 4.42 Å². The van der Waals surface area contributed by atoms with Crippen LogP contribution in [0.4, 0.5) is 6.01 Å². The molecule has 0 radical (unpaired) electrons. The van der Waals surface area contributed by atoms with Crippen molar-refractivity contribution in [2.45, 2.75) is 19.9 Å². The van der Waals surface area contributed by atoms with Gasteiger partial charge >= 0.3 is 6.01 Å². The van der Waals surface area contributed by atoms with Gasteiger partial charge in [-0.15, -0.1) is 5.10 Å². The Kier molecular flexibility index (Phi) is 2.90. The molecule has 1 heterocycles. The molecule has 0 saturated heterocycles. The van der Waals surface area contributed by atoms with Gasteiger partial charge in [-0.3, -0.25) is 0 Å². The van der Waals surface area contributed by atoms with Crippen LogP contribution in [0.3, 0.4) is 0 Å². The number of nitrogens with one attached hydrogen (secondary N) is 1. The van der Waals surface area contributed by atoms with Crippen molar-refractivity contribution >= 4 is 6.01 Å². The molecule has 1 fully saturated rings. The van der Waals surface area contributed by atoms with E-state index >= 15 is 0 Å². The largest absolute Gasteiger partial charge is 0.407 e. The van der Waals surface area contributed by atoms with Crippen LogP contribution in [0.15, 0.2) is 4.42 Å². The molecule has 15 heavy (non-hydrogen) atoms. The van der Waals surface area contributed by atoms with Gasteiger partial charge in [0, 0.05) is 13.6 Å². The fourth-order valence-electron chi connectivity index (χ4n) is 1.70. The number of anilines is 1. The van der Waals surface area contributed by atoms with Crippen LogP contribution in [0, 0.1) is 11.8 Å². The Morgan fingerprint density at radius 1 is 1.53 bits per heavy atom. The van der Waals surface area contributed by atoms with E-state index in [1.165, 1.54) is 6.42 Å². The molecule has 0 aliphatic heterocycles. The maximum atomic E-state index is 5.49. The Bertz CT molecular complexity index is 325. The molecule has 0 spiro atoms. The molecule has 0 amide bonds. The molecule has 1 saturated carbocycles. The van der Waals surface area contributed by atoms with Crippen LogP contribution in [0.1, 0.15) is 19.2 Å². The van der Waals surface area contributed by atoms with Gasteiger partial charge in [0.15, 0.2) is 0 Å². The van der Waals surface area contributed by atoms with Crippen LogP contribution in [-0.2, 0) is 6.54 Å². The second kappa shape index (κ2) is 4.18. The van der Waals surface area contributed by atoms with Gasteiger partial charge in [-0.25, -0.2) is 0 Å². The topological polar surface area (TPSA) is 54.2 Å². The van der Waals surface area contributed by atoms with Crippen LogP contribution < -0.4 is 10.2 Å². The number of aromatic nitrogens is 2. The first-order valence-electron chi connectivity index (χ1n) is 5.39. The molecule has 1 N–H and O–H groups in total. The van der Waals surface area contributed by atoms with E-state index in [0.717, 1.165) is 18.4 Å². The molecule has 5 heteroatoms. The zero-order chi connectivity index (χ0) is 10.8. The molecule has 2 atom stereocenters. The molecule has 1 aliphatic rings. The fourth-order valence-corrected chi connectivity index (χ4v) is 1.70. The van der Waals surface area contributed by atoms with Gasteiger partial charge in [0.05, 0.1) is 6.54 Å². The zero-order valence-corrected chi connectivity index (χ0v) is 9.53. The minimum absolute atomic E-state index is 0.624. The highest BCUT2D eigenvalue weighted by Gasteiger charge is 2.34. The van der Waals surface area contributed by atoms with Crippen molar-refractivity contribution in [2.24, 2.45) is 11.8 Å².